The standard InChI is InChI=1S/C24H19Cl4N3O4.ClH/c1-35-24(34)18(29)10-12-8-9-13(30-22(32)20-14(25)4-2-5-15(20)26)11-19(12)31-23(33)21-16(27)6-3-7-17(21)28;/h2-9,11,18H,10,29H2,1H3,(H,30,32)(H,31,33);1H/t18-;/m0./s1. The fourth-order valence-corrected chi connectivity index (χ4v) is 4.37. The molecule has 0 heterocycles. The topological polar surface area (TPSA) is 111 Å². The fraction of sp³-hybridized carbons (Fsp3) is 0.125. The number of halogens is 5. The Morgan fingerprint density at radius 3 is 1.78 bits per heavy atom. The van der Waals surface area contributed by atoms with E-state index in [2.05, 4.69) is 15.4 Å². The summed E-state index contributed by atoms with van der Waals surface area (Å²) in [5, 5.41) is 6.09. The van der Waals surface area contributed by atoms with E-state index in [1.54, 1.807) is 36.4 Å². The summed E-state index contributed by atoms with van der Waals surface area (Å²) in [5.74, 6) is -1.76. The lowest BCUT2D eigenvalue weighted by Crippen LogP contribution is -2.34. The molecule has 0 bridgehead atoms. The van der Waals surface area contributed by atoms with Crippen molar-refractivity contribution in [3.63, 3.8) is 0 Å². The molecule has 2 amide bonds. The number of nitrogens with two attached hydrogens (primary N) is 1. The van der Waals surface area contributed by atoms with Gasteiger partial charge in [0.05, 0.1) is 38.3 Å². The minimum Gasteiger partial charge on any atom is -0.468 e. The Morgan fingerprint density at radius 1 is 0.833 bits per heavy atom. The third-order valence-electron chi connectivity index (χ3n) is 4.94. The molecule has 0 aromatic heterocycles. The molecule has 0 aliphatic heterocycles. The highest BCUT2D eigenvalue weighted by atomic mass is 35.5. The normalized spacial score (nSPS) is 11.2. The van der Waals surface area contributed by atoms with Gasteiger partial charge in [-0.15, -0.1) is 12.4 Å². The summed E-state index contributed by atoms with van der Waals surface area (Å²) in [6, 6.07) is 13.1. The van der Waals surface area contributed by atoms with E-state index < -0.39 is 23.8 Å². The van der Waals surface area contributed by atoms with Crippen LogP contribution in [0.2, 0.25) is 20.1 Å². The van der Waals surface area contributed by atoms with Crippen LogP contribution in [0.3, 0.4) is 0 Å². The van der Waals surface area contributed by atoms with Crippen LogP contribution in [0.1, 0.15) is 26.3 Å². The molecule has 3 aromatic rings. The van der Waals surface area contributed by atoms with E-state index in [1.165, 1.54) is 25.3 Å². The molecule has 1 atom stereocenters. The molecule has 0 radical (unpaired) electrons. The molecule has 3 rings (SSSR count). The van der Waals surface area contributed by atoms with E-state index >= 15 is 0 Å². The average molecular weight is 592 g/mol. The Morgan fingerprint density at radius 2 is 1.31 bits per heavy atom. The first-order valence-electron chi connectivity index (χ1n) is 10.1. The van der Waals surface area contributed by atoms with Gasteiger partial charge in [0.2, 0.25) is 0 Å². The van der Waals surface area contributed by atoms with Gasteiger partial charge < -0.3 is 21.1 Å². The first kappa shape index (κ1) is 29.7. The summed E-state index contributed by atoms with van der Waals surface area (Å²) >= 11 is 24.6. The Kier molecular flexibility index (Phi) is 10.8. The number of carbonyl (C=O) groups is 3. The minimum atomic E-state index is -0.984. The lowest BCUT2D eigenvalue weighted by atomic mass is 10.0. The zero-order valence-corrected chi connectivity index (χ0v) is 22.5. The molecule has 0 spiro atoms. The smallest absolute Gasteiger partial charge is 0.322 e. The molecule has 0 aliphatic rings. The molecule has 36 heavy (non-hydrogen) atoms. The highest BCUT2D eigenvalue weighted by molar-refractivity contribution is 6.41. The van der Waals surface area contributed by atoms with Gasteiger partial charge >= 0.3 is 5.97 Å². The Bertz CT molecular complexity index is 1260. The van der Waals surface area contributed by atoms with Gasteiger partial charge in [-0.2, -0.15) is 0 Å². The van der Waals surface area contributed by atoms with Crippen molar-refractivity contribution < 1.29 is 19.1 Å². The molecule has 0 saturated heterocycles. The number of ether oxygens (including phenoxy) is 1. The van der Waals surface area contributed by atoms with Gasteiger partial charge in [0.15, 0.2) is 0 Å². The van der Waals surface area contributed by atoms with Crippen molar-refractivity contribution in [2.75, 3.05) is 17.7 Å². The molecule has 4 N–H and O–H groups in total. The Hall–Kier alpha value is -2.52. The van der Waals surface area contributed by atoms with Crippen LogP contribution < -0.4 is 16.4 Å². The van der Waals surface area contributed by atoms with Crippen LogP contribution in [-0.4, -0.2) is 30.9 Å². The van der Waals surface area contributed by atoms with Crippen molar-refractivity contribution in [1.82, 2.24) is 0 Å². The molecular formula is C24H20Cl5N3O4. The fourth-order valence-electron chi connectivity index (χ4n) is 3.23. The van der Waals surface area contributed by atoms with Crippen molar-refractivity contribution in [3.05, 3.63) is 91.4 Å². The molecular weight excluding hydrogens is 572 g/mol. The minimum absolute atomic E-state index is 0. The number of rotatable bonds is 7. The van der Waals surface area contributed by atoms with E-state index in [4.69, 9.17) is 52.1 Å². The number of carbonyl (C=O) groups excluding carboxylic acids is 3. The summed E-state index contributed by atoms with van der Waals surface area (Å²) in [6.07, 6.45) is 0.0448. The largest absolute Gasteiger partial charge is 0.468 e. The summed E-state index contributed by atoms with van der Waals surface area (Å²) < 4.78 is 4.69. The number of hydrogen-bond donors (Lipinski definition) is 3. The number of amides is 2. The van der Waals surface area contributed by atoms with Crippen molar-refractivity contribution in [3.8, 4) is 0 Å². The Balaban J connectivity index is 0.00000456. The van der Waals surface area contributed by atoms with E-state index in [9.17, 15) is 14.4 Å². The number of nitrogens with one attached hydrogen (secondary N) is 2. The van der Waals surface area contributed by atoms with Crippen LogP contribution in [-0.2, 0) is 16.0 Å². The number of methoxy groups -OCH3 is 1. The lowest BCUT2D eigenvalue weighted by molar-refractivity contribution is -0.142. The zero-order valence-electron chi connectivity index (χ0n) is 18.6. The van der Waals surface area contributed by atoms with Gasteiger partial charge in [0, 0.05) is 17.8 Å². The second-order valence-electron chi connectivity index (χ2n) is 7.31. The third kappa shape index (κ3) is 7.03. The SMILES string of the molecule is COC(=O)[C@@H](N)Cc1ccc(NC(=O)c2c(Cl)cccc2Cl)cc1NC(=O)c1c(Cl)cccc1Cl.Cl. The van der Waals surface area contributed by atoms with Crippen LogP contribution in [0, 0.1) is 0 Å². The highest BCUT2D eigenvalue weighted by Crippen LogP contribution is 2.29. The predicted octanol–water partition coefficient (Wildman–Crippen LogP) is 6.27. The molecule has 0 fully saturated rings. The molecule has 0 unspecified atom stereocenters. The van der Waals surface area contributed by atoms with Crippen molar-refractivity contribution in [2.45, 2.75) is 12.5 Å². The zero-order chi connectivity index (χ0) is 25.7. The van der Waals surface area contributed by atoms with E-state index in [0.29, 0.717) is 11.3 Å². The Labute approximate surface area is 233 Å². The van der Waals surface area contributed by atoms with Crippen LogP contribution in [0.5, 0.6) is 0 Å². The van der Waals surface area contributed by atoms with Gasteiger partial charge in [0.1, 0.15) is 6.04 Å². The molecule has 3 aromatic carbocycles. The van der Waals surface area contributed by atoms with Crippen molar-refractivity contribution in [2.24, 2.45) is 5.73 Å². The molecule has 7 nitrogen and oxygen atoms in total. The maximum absolute atomic E-state index is 13.0. The monoisotopic (exact) mass is 589 g/mol. The van der Waals surface area contributed by atoms with Crippen molar-refractivity contribution >= 4 is 88.0 Å². The lowest BCUT2D eigenvalue weighted by Gasteiger charge is -2.17. The van der Waals surface area contributed by atoms with Crippen LogP contribution in [0.25, 0.3) is 0 Å². The van der Waals surface area contributed by atoms with Crippen molar-refractivity contribution in [1.29, 1.82) is 0 Å². The van der Waals surface area contributed by atoms with Gasteiger partial charge in [-0.3, -0.25) is 14.4 Å². The predicted molar refractivity (Wildman–Crippen MR) is 146 cm³/mol. The first-order valence-corrected chi connectivity index (χ1v) is 11.6. The van der Waals surface area contributed by atoms with Crippen LogP contribution >= 0.6 is 58.8 Å². The summed E-state index contributed by atoms with van der Waals surface area (Å²) in [7, 11) is 1.22. The first-order chi connectivity index (χ1) is 16.6. The van der Waals surface area contributed by atoms with Gasteiger partial charge in [-0.25, -0.2) is 0 Å². The average Bonchev–Trinajstić information content (AvgIpc) is 2.79. The molecule has 190 valence electrons. The van der Waals surface area contributed by atoms with E-state index in [1.807, 2.05) is 0 Å². The maximum Gasteiger partial charge on any atom is 0.322 e. The third-order valence-corrected chi connectivity index (χ3v) is 6.20. The summed E-state index contributed by atoms with van der Waals surface area (Å²) in [6.45, 7) is 0. The van der Waals surface area contributed by atoms with Gasteiger partial charge in [0.25, 0.3) is 11.8 Å². The van der Waals surface area contributed by atoms with Gasteiger partial charge in [-0.05, 0) is 42.0 Å². The summed E-state index contributed by atoms with van der Waals surface area (Å²) in [5.41, 5.74) is 7.18. The van der Waals surface area contributed by atoms with Crippen LogP contribution in [0.15, 0.2) is 54.6 Å². The number of esters is 1. The molecule has 0 saturated carbocycles. The van der Waals surface area contributed by atoms with E-state index in [0.717, 1.165) is 0 Å². The quantitative estimate of drug-likeness (QED) is 0.281. The van der Waals surface area contributed by atoms with Gasteiger partial charge in [-0.1, -0.05) is 64.6 Å². The number of hydrogen-bond acceptors (Lipinski definition) is 5. The highest BCUT2D eigenvalue weighted by Gasteiger charge is 2.21. The van der Waals surface area contributed by atoms with Crippen LogP contribution in [0.4, 0.5) is 11.4 Å². The number of benzene rings is 3. The summed E-state index contributed by atoms with van der Waals surface area (Å²) in [4.78, 5) is 37.7. The molecule has 0 aliphatic carbocycles. The molecule has 12 heteroatoms. The van der Waals surface area contributed by atoms with E-state index in [-0.39, 0.29) is 55.7 Å². The second kappa shape index (κ2) is 13.1. The second-order valence-corrected chi connectivity index (χ2v) is 8.94. The number of anilines is 2. The maximum atomic E-state index is 13.0.